The molecule has 1 atom stereocenters. The minimum absolute atomic E-state index is 0.0384. The molecule has 1 N–H and O–H groups in total. The van der Waals surface area contributed by atoms with Crippen LogP contribution in [0.2, 0.25) is 0 Å². The average Bonchev–Trinajstić information content (AvgIpc) is 2.33. The molecular formula is C15H21NO3. The Kier molecular flexibility index (Phi) is 5.10. The van der Waals surface area contributed by atoms with Gasteiger partial charge in [0, 0.05) is 20.0 Å². The molecule has 0 aliphatic heterocycles. The lowest BCUT2D eigenvalue weighted by molar-refractivity contribution is -0.145. The van der Waals surface area contributed by atoms with Gasteiger partial charge in [-0.25, -0.2) is 0 Å². The maximum absolute atomic E-state index is 11.9. The highest BCUT2D eigenvalue weighted by molar-refractivity contribution is 5.81. The van der Waals surface area contributed by atoms with Crippen molar-refractivity contribution in [2.45, 2.75) is 33.7 Å². The molecule has 0 radical (unpaired) electrons. The van der Waals surface area contributed by atoms with Crippen LogP contribution in [0.5, 0.6) is 0 Å². The van der Waals surface area contributed by atoms with Gasteiger partial charge in [-0.15, -0.1) is 0 Å². The molecule has 1 aromatic rings. The maximum Gasteiger partial charge on any atom is 0.306 e. The van der Waals surface area contributed by atoms with Crippen LogP contribution >= 0.6 is 0 Å². The zero-order valence-corrected chi connectivity index (χ0v) is 11.9. The average molecular weight is 263 g/mol. The van der Waals surface area contributed by atoms with E-state index < -0.39 is 11.9 Å². The predicted molar refractivity (Wildman–Crippen MR) is 73.8 cm³/mol. The van der Waals surface area contributed by atoms with Gasteiger partial charge in [0.25, 0.3) is 0 Å². The van der Waals surface area contributed by atoms with Gasteiger partial charge in [0.2, 0.25) is 5.91 Å². The van der Waals surface area contributed by atoms with Crippen LogP contribution in [-0.4, -0.2) is 28.9 Å². The summed E-state index contributed by atoms with van der Waals surface area (Å²) in [5, 5.41) is 8.80. The Hall–Kier alpha value is -1.84. The minimum atomic E-state index is -0.937. The first kappa shape index (κ1) is 15.2. The topological polar surface area (TPSA) is 57.6 Å². The Balaban J connectivity index is 2.63. The second-order valence-corrected chi connectivity index (χ2v) is 5.11. The molecule has 0 saturated heterocycles. The molecule has 0 aliphatic carbocycles. The molecule has 0 aromatic heterocycles. The number of carbonyl (C=O) groups excluding carboxylic acids is 1. The number of carboxylic acids is 1. The molecule has 0 spiro atoms. The number of nitrogens with zero attached hydrogens (tertiary/aromatic N) is 1. The molecule has 1 unspecified atom stereocenters. The van der Waals surface area contributed by atoms with E-state index in [1.807, 2.05) is 26.0 Å². The summed E-state index contributed by atoms with van der Waals surface area (Å²) in [5.41, 5.74) is 3.47. The molecule has 1 rings (SSSR count). The predicted octanol–water partition coefficient (Wildman–Crippen LogP) is 2.37. The number of carbonyl (C=O) groups is 2. The molecule has 19 heavy (non-hydrogen) atoms. The van der Waals surface area contributed by atoms with Gasteiger partial charge in [-0.2, -0.15) is 0 Å². The van der Waals surface area contributed by atoms with Crippen molar-refractivity contribution in [3.8, 4) is 0 Å². The van der Waals surface area contributed by atoms with E-state index in [0.717, 1.165) is 5.56 Å². The lowest BCUT2D eigenvalue weighted by atomic mass is 10.1. The first-order valence-corrected chi connectivity index (χ1v) is 6.34. The quantitative estimate of drug-likeness (QED) is 0.887. The molecular weight excluding hydrogens is 242 g/mol. The Labute approximate surface area is 114 Å². The van der Waals surface area contributed by atoms with Crippen LogP contribution in [-0.2, 0) is 16.1 Å². The first-order chi connectivity index (χ1) is 8.81. The van der Waals surface area contributed by atoms with Crippen LogP contribution in [0.3, 0.4) is 0 Å². The van der Waals surface area contributed by atoms with Crippen LogP contribution in [0, 0.1) is 19.8 Å². The van der Waals surface area contributed by atoms with Crippen molar-refractivity contribution < 1.29 is 14.7 Å². The lowest BCUT2D eigenvalue weighted by Crippen LogP contribution is -2.29. The van der Waals surface area contributed by atoms with Crippen LogP contribution < -0.4 is 0 Å². The van der Waals surface area contributed by atoms with E-state index in [-0.39, 0.29) is 12.3 Å². The fourth-order valence-electron chi connectivity index (χ4n) is 1.77. The van der Waals surface area contributed by atoms with Gasteiger partial charge in [-0.3, -0.25) is 9.59 Å². The van der Waals surface area contributed by atoms with E-state index in [0.29, 0.717) is 6.54 Å². The number of aliphatic carboxylic acids is 1. The summed E-state index contributed by atoms with van der Waals surface area (Å²) in [6.45, 7) is 6.13. The molecule has 0 bridgehead atoms. The molecule has 4 heteroatoms. The number of rotatable bonds is 5. The molecule has 4 nitrogen and oxygen atoms in total. The molecule has 0 aliphatic rings. The third-order valence-corrected chi connectivity index (χ3v) is 3.32. The second-order valence-electron chi connectivity index (χ2n) is 5.11. The second kappa shape index (κ2) is 6.36. The van der Waals surface area contributed by atoms with Crippen LogP contribution in [0.15, 0.2) is 18.2 Å². The van der Waals surface area contributed by atoms with Gasteiger partial charge >= 0.3 is 5.97 Å². The molecule has 0 fully saturated rings. The van der Waals surface area contributed by atoms with Crippen LogP contribution in [0.4, 0.5) is 0 Å². The minimum Gasteiger partial charge on any atom is -0.481 e. The third-order valence-electron chi connectivity index (χ3n) is 3.32. The third kappa shape index (κ3) is 4.39. The van der Waals surface area contributed by atoms with Gasteiger partial charge < -0.3 is 10.0 Å². The van der Waals surface area contributed by atoms with Crippen molar-refractivity contribution in [2.24, 2.45) is 5.92 Å². The summed E-state index contributed by atoms with van der Waals surface area (Å²) in [6, 6.07) is 6.08. The fraction of sp³-hybridized carbons (Fsp3) is 0.467. The van der Waals surface area contributed by atoms with Crippen molar-refractivity contribution >= 4 is 11.9 Å². The lowest BCUT2D eigenvalue weighted by Gasteiger charge is -2.19. The number of hydrogen-bond acceptors (Lipinski definition) is 2. The molecule has 104 valence electrons. The molecule has 0 saturated carbocycles. The van der Waals surface area contributed by atoms with Crippen molar-refractivity contribution in [3.63, 3.8) is 0 Å². The molecule has 1 aromatic carbocycles. The highest BCUT2D eigenvalue weighted by Gasteiger charge is 2.18. The van der Waals surface area contributed by atoms with Gasteiger partial charge in [0.15, 0.2) is 0 Å². The van der Waals surface area contributed by atoms with Crippen molar-refractivity contribution in [1.29, 1.82) is 0 Å². The summed E-state index contributed by atoms with van der Waals surface area (Å²) >= 11 is 0. The van der Waals surface area contributed by atoms with Crippen LogP contribution in [0.1, 0.15) is 30.0 Å². The van der Waals surface area contributed by atoms with Crippen molar-refractivity contribution in [3.05, 3.63) is 34.9 Å². The summed E-state index contributed by atoms with van der Waals surface area (Å²) in [5.74, 6) is -1.73. The maximum atomic E-state index is 11.9. The number of hydrogen-bond donors (Lipinski definition) is 1. The van der Waals surface area contributed by atoms with Crippen molar-refractivity contribution in [2.75, 3.05) is 7.05 Å². The highest BCUT2D eigenvalue weighted by atomic mass is 16.4. The summed E-state index contributed by atoms with van der Waals surface area (Å²) < 4.78 is 0. The van der Waals surface area contributed by atoms with Gasteiger partial charge in [0.1, 0.15) is 0 Å². The number of carboxylic acid groups (broad SMARTS) is 1. The summed E-state index contributed by atoms with van der Waals surface area (Å²) in [6.07, 6.45) is 0.0384. The first-order valence-electron chi connectivity index (χ1n) is 6.34. The van der Waals surface area contributed by atoms with E-state index in [1.165, 1.54) is 11.1 Å². The van der Waals surface area contributed by atoms with Gasteiger partial charge in [-0.05, 0) is 30.5 Å². The highest BCUT2D eigenvalue weighted by Crippen LogP contribution is 2.13. The number of aryl methyl sites for hydroxylation is 2. The zero-order valence-electron chi connectivity index (χ0n) is 11.9. The van der Waals surface area contributed by atoms with E-state index in [9.17, 15) is 9.59 Å². The normalized spacial score (nSPS) is 12.0. The molecule has 1 amide bonds. The number of benzene rings is 1. The molecule has 0 heterocycles. The summed E-state index contributed by atoms with van der Waals surface area (Å²) in [4.78, 5) is 24.2. The fourth-order valence-corrected chi connectivity index (χ4v) is 1.77. The van der Waals surface area contributed by atoms with Crippen molar-refractivity contribution in [1.82, 2.24) is 4.90 Å². The van der Waals surface area contributed by atoms with E-state index in [2.05, 4.69) is 6.07 Å². The van der Waals surface area contributed by atoms with E-state index in [4.69, 9.17) is 5.11 Å². The van der Waals surface area contributed by atoms with Crippen LogP contribution in [0.25, 0.3) is 0 Å². The Morgan fingerprint density at radius 1 is 1.26 bits per heavy atom. The van der Waals surface area contributed by atoms with Gasteiger partial charge in [-0.1, -0.05) is 25.1 Å². The zero-order chi connectivity index (χ0) is 14.6. The SMILES string of the molecule is Cc1ccc(CN(C)C(=O)CC(C)C(=O)O)cc1C. The monoisotopic (exact) mass is 263 g/mol. The number of amides is 1. The Morgan fingerprint density at radius 3 is 2.42 bits per heavy atom. The Bertz CT molecular complexity index is 482. The van der Waals surface area contributed by atoms with E-state index in [1.54, 1.807) is 18.9 Å². The largest absolute Gasteiger partial charge is 0.481 e. The summed E-state index contributed by atoms with van der Waals surface area (Å²) in [7, 11) is 1.70. The smallest absolute Gasteiger partial charge is 0.306 e. The van der Waals surface area contributed by atoms with E-state index >= 15 is 0 Å². The van der Waals surface area contributed by atoms with Gasteiger partial charge in [0.05, 0.1) is 5.92 Å². The Morgan fingerprint density at radius 2 is 1.89 bits per heavy atom. The standard InChI is InChI=1S/C15H21NO3/c1-10-5-6-13(7-11(10)2)9-16(4)14(17)8-12(3)15(18)19/h5-7,12H,8-9H2,1-4H3,(H,18,19).